The molecule has 3 heterocycles. The van der Waals surface area contributed by atoms with Crippen LogP contribution in [0, 0.1) is 26.7 Å². The summed E-state index contributed by atoms with van der Waals surface area (Å²) in [5, 5.41) is 0. The summed E-state index contributed by atoms with van der Waals surface area (Å²) in [4.78, 5) is 51.9. The van der Waals surface area contributed by atoms with Gasteiger partial charge in [-0.25, -0.2) is 9.97 Å². The van der Waals surface area contributed by atoms with Crippen LogP contribution in [0.2, 0.25) is 0 Å². The number of benzene rings is 1. The van der Waals surface area contributed by atoms with E-state index < -0.39 is 12.0 Å². The fourth-order valence-electron chi connectivity index (χ4n) is 5.25. The Morgan fingerprint density at radius 3 is 2.47 bits per heavy atom. The Labute approximate surface area is 223 Å². The second kappa shape index (κ2) is 10.8. The van der Waals surface area contributed by atoms with Crippen molar-refractivity contribution in [3.05, 3.63) is 70.7 Å². The number of β-lactam (4-membered cyclic amide) rings is 1. The molecule has 9 nitrogen and oxygen atoms in total. The highest BCUT2D eigenvalue weighted by molar-refractivity contribution is 6.12. The molecule has 0 radical (unpaired) electrons. The molecule has 3 atom stereocenters. The standard InChI is InChI=1S/C29H36N6O3/c1-7-21(22-9-8-17(2)18(3)12-22)16-25(36)35-26(28(38)34(6)29-31-10-11-33(29)5)23(27(35)37)14-20-13-19(4)32-24(30)15-20/h8-13,15,21,23,26H,7,14,16H2,1-6H3,(H2,30,32)/t21-,23+,26-/m0/s1. The molecular formula is C29H36N6O3. The van der Waals surface area contributed by atoms with Crippen LogP contribution in [-0.4, -0.2) is 50.2 Å². The second-order valence-corrected chi connectivity index (χ2v) is 10.3. The predicted octanol–water partition coefficient (Wildman–Crippen LogP) is 3.47. The number of nitrogens with two attached hydrogens (primary N) is 1. The molecule has 0 spiro atoms. The maximum atomic E-state index is 13.8. The van der Waals surface area contributed by atoms with Crippen molar-refractivity contribution in [1.82, 2.24) is 19.4 Å². The van der Waals surface area contributed by atoms with Crippen molar-refractivity contribution >= 4 is 29.5 Å². The molecule has 0 unspecified atom stereocenters. The molecule has 0 bridgehead atoms. The molecule has 1 aliphatic heterocycles. The van der Waals surface area contributed by atoms with E-state index in [9.17, 15) is 14.4 Å². The third kappa shape index (κ3) is 5.18. The molecule has 3 amide bonds. The number of likely N-dealkylation sites (tertiary alicyclic amines) is 1. The first kappa shape index (κ1) is 27.0. The first-order chi connectivity index (χ1) is 18.0. The van der Waals surface area contributed by atoms with Crippen LogP contribution >= 0.6 is 0 Å². The molecule has 1 saturated heterocycles. The normalized spacial score (nSPS) is 17.7. The van der Waals surface area contributed by atoms with Crippen molar-refractivity contribution in [2.75, 3.05) is 17.7 Å². The molecule has 1 aromatic carbocycles. The van der Waals surface area contributed by atoms with Gasteiger partial charge in [-0.15, -0.1) is 0 Å². The molecular weight excluding hydrogens is 480 g/mol. The van der Waals surface area contributed by atoms with E-state index in [0.717, 1.165) is 33.7 Å². The van der Waals surface area contributed by atoms with Gasteiger partial charge < -0.3 is 10.3 Å². The highest BCUT2D eigenvalue weighted by atomic mass is 16.2. The van der Waals surface area contributed by atoms with Crippen LogP contribution < -0.4 is 10.6 Å². The predicted molar refractivity (Wildman–Crippen MR) is 146 cm³/mol. The van der Waals surface area contributed by atoms with Gasteiger partial charge in [0.15, 0.2) is 0 Å². The number of imidazole rings is 1. The first-order valence-electron chi connectivity index (χ1n) is 12.9. The number of aryl methyl sites for hydroxylation is 4. The van der Waals surface area contributed by atoms with Gasteiger partial charge in [0.1, 0.15) is 11.9 Å². The number of aromatic nitrogens is 3. The number of imide groups is 1. The molecule has 0 aliphatic carbocycles. The molecule has 9 heteroatoms. The molecule has 38 heavy (non-hydrogen) atoms. The lowest BCUT2D eigenvalue weighted by molar-refractivity contribution is -0.170. The number of nitrogen functional groups attached to an aromatic ring is 1. The zero-order valence-electron chi connectivity index (χ0n) is 22.9. The third-order valence-corrected chi connectivity index (χ3v) is 7.57. The van der Waals surface area contributed by atoms with E-state index in [4.69, 9.17) is 5.73 Å². The van der Waals surface area contributed by atoms with Gasteiger partial charge >= 0.3 is 0 Å². The Morgan fingerprint density at radius 1 is 1.13 bits per heavy atom. The SMILES string of the molecule is CC[C@@H](CC(=O)N1C(=O)[C@H](Cc2cc(C)nc(N)c2)[C@H]1C(=O)N(C)c1nccn1C)c1ccc(C)c(C)c1. The fourth-order valence-corrected chi connectivity index (χ4v) is 5.25. The largest absolute Gasteiger partial charge is 0.384 e. The molecule has 200 valence electrons. The minimum atomic E-state index is -0.927. The summed E-state index contributed by atoms with van der Waals surface area (Å²) in [7, 11) is 3.40. The van der Waals surface area contributed by atoms with E-state index in [1.165, 1.54) is 10.5 Å². The number of hydrogen-bond donors (Lipinski definition) is 1. The monoisotopic (exact) mass is 516 g/mol. The number of rotatable bonds is 8. The lowest BCUT2D eigenvalue weighted by Gasteiger charge is -2.46. The minimum absolute atomic E-state index is 0.0562. The molecule has 1 fully saturated rings. The summed E-state index contributed by atoms with van der Waals surface area (Å²) in [5.41, 5.74) is 10.9. The first-order valence-corrected chi connectivity index (χ1v) is 12.9. The molecule has 2 N–H and O–H groups in total. The second-order valence-electron chi connectivity index (χ2n) is 10.3. The molecule has 3 aromatic rings. The molecule has 4 rings (SSSR count). The van der Waals surface area contributed by atoms with Crippen molar-refractivity contribution in [1.29, 1.82) is 0 Å². The highest BCUT2D eigenvalue weighted by Crippen LogP contribution is 2.35. The average Bonchev–Trinajstić information content (AvgIpc) is 3.30. The van der Waals surface area contributed by atoms with Gasteiger partial charge in [0.05, 0.1) is 5.92 Å². The Balaban J connectivity index is 1.62. The van der Waals surface area contributed by atoms with Gasteiger partial charge in [-0.2, -0.15) is 0 Å². The minimum Gasteiger partial charge on any atom is -0.384 e. The van der Waals surface area contributed by atoms with Crippen molar-refractivity contribution in [2.45, 2.75) is 58.9 Å². The quantitative estimate of drug-likeness (QED) is 0.459. The number of carbonyl (C=O) groups is 3. The lowest BCUT2D eigenvalue weighted by atomic mass is 9.80. The van der Waals surface area contributed by atoms with Crippen molar-refractivity contribution in [3.8, 4) is 0 Å². The number of carbonyl (C=O) groups excluding carboxylic acids is 3. The number of anilines is 2. The van der Waals surface area contributed by atoms with Crippen LogP contribution in [0.1, 0.15) is 53.6 Å². The van der Waals surface area contributed by atoms with Crippen molar-refractivity contribution < 1.29 is 14.4 Å². The van der Waals surface area contributed by atoms with Crippen LogP contribution in [0.3, 0.4) is 0 Å². The van der Waals surface area contributed by atoms with Crippen LogP contribution in [0.25, 0.3) is 0 Å². The zero-order valence-corrected chi connectivity index (χ0v) is 22.9. The summed E-state index contributed by atoms with van der Waals surface area (Å²) in [6.45, 7) is 7.96. The van der Waals surface area contributed by atoms with E-state index in [1.807, 2.05) is 32.9 Å². The number of likely N-dealkylation sites (N-methyl/N-ethyl adjacent to an activating group) is 1. The maximum Gasteiger partial charge on any atom is 0.253 e. The number of amides is 3. The van der Waals surface area contributed by atoms with Gasteiger partial charge in [-0.05, 0) is 73.9 Å². The van der Waals surface area contributed by atoms with Crippen LogP contribution in [0.4, 0.5) is 11.8 Å². The summed E-state index contributed by atoms with van der Waals surface area (Å²) in [6, 6.07) is 8.83. The van der Waals surface area contributed by atoms with Gasteiger partial charge in [-0.3, -0.25) is 24.2 Å². The smallest absolute Gasteiger partial charge is 0.253 e. The zero-order chi connectivity index (χ0) is 27.7. The van der Waals surface area contributed by atoms with E-state index in [2.05, 4.69) is 29.0 Å². The van der Waals surface area contributed by atoms with Crippen LogP contribution in [0.15, 0.2) is 42.7 Å². The van der Waals surface area contributed by atoms with Crippen LogP contribution in [-0.2, 0) is 27.9 Å². The van der Waals surface area contributed by atoms with E-state index in [-0.39, 0.29) is 36.5 Å². The molecule has 1 aliphatic rings. The van der Waals surface area contributed by atoms with Crippen molar-refractivity contribution in [3.63, 3.8) is 0 Å². The van der Waals surface area contributed by atoms with Gasteiger partial charge in [0.2, 0.25) is 17.8 Å². The summed E-state index contributed by atoms with van der Waals surface area (Å²) in [5.74, 6) is -0.984. The van der Waals surface area contributed by atoms with Gasteiger partial charge in [0, 0.05) is 38.6 Å². The highest BCUT2D eigenvalue weighted by Gasteiger charge is 2.55. The lowest BCUT2D eigenvalue weighted by Crippen LogP contribution is -2.69. The molecule has 2 aromatic heterocycles. The number of hydrogen-bond acceptors (Lipinski definition) is 6. The van der Waals surface area contributed by atoms with E-state index >= 15 is 0 Å². The maximum absolute atomic E-state index is 13.8. The molecule has 0 saturated carbocycles. The van der Waals surface area contributed by atoms with Gasteiger partial charge in [-0.1, -0.05) is 25.1 Å². The summed E-state index contributed by atoms with van der Waals surface area (Å²) in [6.07, 6.45) is 4.51. The number of pyridine rings is 1. The fraction of sp³-hybridized carbons (Fsp3) is 0.414. The topological polar surface area (TPSA) is 114 Å². The van der Waals surface area contributed by atoms with Crippen LogP contribution in [0.5, 0.6) is 0 Å². The Morgan fingerprint density at radius 2 is 1.87 bits per heavy atom. The average molecular weight is 517 g/mol. The van der Waals surface area contributed by atoms with Gasteiger partial charge in [0.25, 0.3) is 5.91 Å². The summed E-state index contributed by atoms with van der Waals surface area (Å²) >= 11 is 0. The third-order valence-electron chi connectivity index (χ3n) is 7.57. The Bertz CT molecular complexity index is 1360. The van der Waals surface area contributed by atoms with E-state index in [1.54, 1.807) is 37.1 Å². The Hall–Kier alpha value is -4.01. The Kier molecular flexibility index (Phi) is 7.66. The summed E-state index contributed by atoms with van der Waals surface area (Å²) < 4.78 is 1.72. The number of nitrogens with zero attached hydrogens (tertiary/aromatic N) is 5. The van der Waals surface area contributed by atoms with Crippen molar-refractivity contribution in [2.24, 2.45) is 13.0 Å². The van der Waals surface area contributed by atoms with E-state index in [0.29, 0.717) is 11.8 Å².